The number of anilines is 1. The van der Waals surface area contributed by atoms with Gasteiger partial charge in [0.05, 0.1) is 11.3 Å². The zero-order valence-electron chi connectivity index (χ0n) is 14.6. The Balaban J connectivity index is 1.62. The van der Waals surface area contributed by atoms with Crippen molar-refractivity contribution in [3.8, 4) is 5.75 Å². The van der Waals surface area contributed by atoms with Crippen LogP contribution in [-0.4, -0.2) is 38.9 Å². The van der Waals surface area contributed by atoms with Crippen LogP contribution in [0.5, 0.6) is 5.75 Å². The van der Waals surface area contributed by atoms with Crippen molar-refractivity contribution in [3.05, 3.63) is 24.3 Å². The van der Waals surface area contributed by atoms with Crippen molar-refractivity contribution in [2.24, 2.45) is 0 Å². The zero-order valence-corrected chi connectivity index (χ0v) is 15.4. The fourth-order valence-electron chi connectivity index (χ4n) is 3.43. The zero-order chi connectivity index (χ0) is 17.2. The smallest absolute Gasteiger partial charge is 0.214 e. The minimum Gasteiger partial charge on any atom is -0.489 e. The van der Waals surface area contributed by atoms with Gasteiger partial charge in [-0.05, 0) is 70.2 Å². The average Bonchev–Trinajstić information content (AvgIpc) is 3.20. The molecule has 0 radical (unpaired) electrons. The summed E-state index contributed by atoms with van der Waals surface area (Å²) in [7, 11) is -3.26. The molecule has 0 bridgehead atoms. The fourth-order valence-corrected chi connectivity index (χ4v) is 4.40. The van der Waals surface area contributed by atoms with Gasteiger partial charge in [-0.25, -0.2) is 13.1 Å². The Morgan fingerprint density at radius 3 is 2.38 bits per heavy atom. The minimum atomic E-state index is -3.26. The Hall–Kier alpha value is -1.27. The van der Waals surface area contributed by atoms with E-state index in [4.69, 9.17) is 4.74 Å². The Bertz CT molecular complexity index is 637. The van der Waals surface area contributed by atoms with Gasteiger partial charge in [-0.15, -0.1) is 0 Å². The van der Waals surface area contributed by atoms with Crippen molar-refractivity contribution < 1.29 is 13.2 Å². The molecule has 0 spiro atoms. The quantitative estimate of drug-likeness (QED) is 0.855. The van der Waals surface area contributed by atoms with Crippen molar-refractivity contribution in [3.63, 3.8) is 0 Å². The van der Waals surface area contributed by atoms with Crippen LogP contribution in [0.15, 0.2) is 24.3 Å². The number of nitrogens with one attached hydrogen (secondary N) is 1. The highest BCUT2D eigenvalue weighted by molar-refractivity contribution is 7.90. The standard InChI is InChI=1S/C18H28N2O3S/c1-14(2)24(21,22)19-17-6-5-7-18(17)23-16-10-8-15(9-11-16)20-12-3-4-13-20/h8-11,14,17-19H,3-7,12-13H2,1-2H3/t17-,18?/m0/s1. The highest BCUT2D eigenvalue weighted by Gasteiger charge is 2.33. The largest absolute Gasteiger partial charge is 0.489 e. The summed E-state index contributed by atoms with van der Waals surface area (Å²) in [5, 5.41) is -0.418. The van der Waals surface area contributed by atoms with E-state index >= 15 is 0 Å². The summed E-state index contributed by atoms with van der Waals surface area (Å²) >= 11 is 0. The molecule has 5 nitrogen and oxygen atoms in total. The van der Waals surface area contributed by atoms with E-state index in [-0.39, 0.29) is 12.1 Å². The number of hydrogen-bond donors (Lipinski definition) is 1. The topological polar surface area (TPSA) is 58.6 Å². The number of sulfonamides is 1. The molecule has 1 aliphatic carbocycles. The number of hydrogen-bond acceptors (Lipinski definition) is 4. The van der Waals surface area contributed by atoms with Gasteiger partial charge in [-0.1, -0.05) is 0 Å². The molecule has 134 valence electrons. The summed E-state index contributed by atoms with van der Waals surface area (Å²) in [4.78, 5) is 2.39. The van der Waals surface area contributed by atoms with Crippen LogP contribution < -0.4 is 14.4 Å². The van der Waals surface area contributed by atoms with Gasteiger partial charge < -0.3 is 9.64 Å². The van der Waals surface area contributed by atoms with Crippen LogP contribution in [0, 0.1) is 0 Å². The summed E-state index contributed by atoms with van der Waals surface area (Å²) in [6.45, 7) is 5.65. The molecule has 1 aliphatic heterocycles. The molecule has 1 aromatic carbocycles. The van der Waals surface area contributed by atoms with Gasteiger partial charge in [0.25, 0.3) is 0 Å². The maximum Gasteiger partial charge on any atom is 0.214 e. The summed E-state index contributed by atoms with van der Waals surface area (Å²) in [6.07, 6.45) is 5.15. The van der Waals surface area contributed by atoms with Crippen LogP contribution in [0.3, 0.4) is 0 Å². The number of ether oxygens (including phenoxy) is 1. The number of nitrogens with zero attached hydrogens (tertiary/aromatic N) is 1. The molecule has 1 N–H and O–H groups in total. The molecule has 0 amide bonds. The van der Waals surface area contributed by atoms with E-state index in [1.165, 1.54) is 18.5 Å². The molecular formula is C18H28N2O3S. The summed E-state index contributed by atoms with van der Waals surface area (Å²) in [6, 6.07) is 8.07. The normalized spacial score (nSPS) is 24.7. The summed E-state index contributed by atoms with van der Waals surface area (Å²) in [5.41, 5.74) is 1.24. The van der Waals surface area contributed by atoms with Gasteiger partial charge in [0.15, 0.2) is 0 Å². The Kier molecular flexibility index (Phi) is 5.35. The highest BCUT2D eigenvalue weighted by Crippen LogP contribution is 2.28. The van der Waals surface area contributed by atoms with Crippen molar-refractivity contribution in [2.45, 2.75) is 63.3 Å². The SMILES string of the molecule is CC(C)S(=O)(=O)N[C@H]1CCCC1Oc1ccc(N2CCCC2)cc1. The van der Waals surface area contributed by atoms with Gasteiger partial charge in [0, 0.05) is 18.8 Å². The van der Waals surface area contributed by atoms with Crippen LogP contribution in [0.1, 0.15) is 46.0 Å². The van der Waals surface area contributed by atoms with Crippen LogP contribution in [0.4, 0.5) is 5.69 Å². The molecular weight excluding hydrogens is 324 g/mol. The molecule has 1 aromatic rings. The van der Waals surface area contributed by atoms with Gasteiger partial charge in [0.2, 0.25) is 10.0 Å². The fraction of sp³-hybridized carbons (Fsp3) is 0.667. The lowest BCUT2D eigenvalue weighted by atomic mass is 10.2. The number of benzene rings is 1. The van der Waals surface area contributed by atoms with Gasteiger partial charge in [-0.2, -0.15) is 0 Å². The predicted molar refractivity (Wildman–Crippen MR) is 97.1 cm³/mol. The predicted octanol–water partition coefficient (Wildman–Crippen LogP) is 2.91. The van der Waals surface area contributed by atoms with Crippen molar-refractivity contribution in [2.75, 3.05) is 18.0 Å². The first-order valence-electron chi connectivity index (χ1n) is 8.98. The molecule has 2 atom stereocenters. The first-order valence-corrected chi connectivity index (χ1v) is 10.5. The first-order chi connectivity index (χ1) is 11.5. The van der Waals surface area contributed by atoms with E-state index in [9.17, 15) is 8.42 Å². The van der Waals surface area contributed by atoms with Crippen LogP contribution in [0.2, 0.25) is 0 Å². The van der Waals surface area contributed by atoms with Crippen molar-refractivity contribution in [1.82, 2.24) is 4.72 Å². The van der Waals surface area contributed by atoms with E-state index in [1.807, 2.05) is 12.1 Å². The van der Waals surface area contributed by atoms with Crippen molar-refractivity contribution >= 4 is 15.7 Å². The maximum atomic E-state index is 12.1. The lowest BCUT2D eigenvalue weighted by Gasteiger charge is -2.24. The Labute approximate surface area is 145 Å². The van der Waals surface area contributed by atoms with Gasteiger partial charge >= 0.3 is 0 Å². The van der Waals surface area contributed by atoms with E-state index in [1.54, 1.807) is 13.8 Å². The molecule has 1 heterocycles. The molecule has 1 unspecified atom stereocenters. The van der Waals surface area contributed by atoms with E-state index in [0.717, 1.165) is 38.1 Å². The van der Waals surface area contributed by atoms with Gasteiger partial charge in [-0.3, -0.25) is 0 Å². The highest BCUT2D eigenvalue weighted by atomic mass is 32.2. The molecule has 2 aliphatic rings. The Morgan fingerprint density at radius 2 is 1.75 bits per heavy atom. The summed E-state index contributed by atoms with van der Waals surface area (Å²) < 4.78 is 33.1. The molecule has 0 aromatic heterocycles. The maximum absolute atomic E-state index is 12.1. The second-order valence-electron chi connectivity index (χ2n) is 7.09. The lowest BCUT2D eigenvalue weighted by molar-refractivity contribution is 0.185. The van der Waals surface area contributed by atoms with Crippen LogP contribution in [0.25, 0.3) is 0 Å². The minimum absolute atomic E-state index is 0.0869. The van der Waals surface area contributed by atoms with Crippen LogP contribution in [-0.2, 0) is 10.0 Å². The molecule has 6 heteroatoms. The molecule has 2 fully saturated rings. The lowest BCUT2D eigenvalue weighted by Crippen LogP contribution is -2.44. The number of rotatable bonds is 6. The molecule has 24 heavy (non-hydrogen) atoms. The third kappa shape index (κ3) is 4.03. The Morgan fingerprint density at radius 1 is 1.08 bits per heavy atom. The third-order valence-electron chi connectivity index (χ3n) is 4.98. The van der Waals surface area contributed by atoms with E-state index in [2.05, 4.69) is 21.8 Å². The van der Waals surface area contributed by atoms with Crippen molar-refractivity contribution in [1.29, 1.82) is 0 Å². The first kappa shape index (κ1) is 17.5. The molecule has 1 saturated heterocycles. The van der Waals surface area contributed by atoms with E-state index < -0.39 is 15.3 Å². The van der Waals surface area contributed by atoms with Crippen LogP contribution >= 0.6 is 0 Å². The second kappa shape index (κ2) is 7.31. The monoisotopic (exact) mass is 352 g/mol. The van der Waals surface area contributed by atoms with Gasteiger partial charge in [0.1, 0.15) is 11.9 Å². The third-order valence-corrected chi connectivity index (χ3v) is 6.86. The molecule has 3 rings (SSSR count). The van der Waals surface area contributed by atoms with E-state index in [0.29, 0.717) is 0 Å². The molecule has 1 saturated carbocycles. The average molecular weight is 353 g/mol. The second-order valence-corrected chi connectivity index (χ2v) is 9.36. The summed E-state index contributed by atoms with van der Waals surface area (Å²) in [5.74, 6) is 0.818.